The number of carbonyl (C=O) groups excluding carboxylic acids is 1. The second kappa shape index (κ2) is 5.51. The van der Waals surface area contributed by atoms with Gasteiger partial charge in [0, 0.05) is 17.1 Å². The molecular weight excluding hydrogens is 166 g/mol. The molecule has 6 heavy (non-hydrogen) atoms. The average Bonchev–Trinajstić information content (AvgIpc) is 1.38. The van der Waals surface area contributed by atoms with Gasteiger partial charge >= 0.3 is 37.8 Å². The van der Waals surface area contributed by atoms with Crippen LogP contribution in [0.3, 0.4) is 0 Å². The summed E-state index contributed by atoms with van der Waals surface area (Å²) in [6, 6.07) is 0. The molecule has 0 spiro atoms. The number of carbonyl (C=O) groups is 1. The van der Waals surface area contributed by atoms with Crippen LogP contribution in [-0.2, 0) is 42.0 Å². The minimum Gasteiger partial charge on any atom is 0 e. The summed E-state index contributed by atoms with van der Waals surface area (Å²) in [4.78, 5) is 9.54. The molecule has 37 valence electrons. The third-order valence-electron chi connectivity index (χ3n) is 0.109. The van der Waals surface area contributed by atoms with Gasteiger partial charge in [0.25, 0.3) is 0 Å². The van der Waals surface area contributed by atoms with Crippen LogP contribution >= 0.6 is 0 Å². The molecule has 0 aliphatic rings. The molecule has 0 heterocycles. The zero-order chi connectivity index (χ0) is 4.28. The van der Waals surface area contributed by atoms with E-state index in [9.17, 15) is 4.79 Å². The van der Waals surface area contributed by atoms with Gasteiger partial charge in [-0.25, -0.2) is 0 Å². The summed E-state index contributed by atoms with van der Waals surface area (Å²) < 4.78 is 3.92. The third kappa shape index (κ3) is 8.82. The molecule has 0 unspecified atom stereocenters. The van der Waals surface area contributed by atoms with Crippen molar-refractivity contribution in [3.05, 3.63) is 0 Å². The maximum atomic E-state index is 9.54. The Hall–Kier alpha value is 0.509. The van der Waals surface area contributed by atoms with Gasteiger partial charge in [0.15, 0.2) is 0 Å². The molecule has 0 N–H and O–H groups in total. The Bertz CT molecular complexity index is 44.8. The molecule has 0 aromatic heterocycles. The van der Waals surface area contributed by atoms with Crippen LogP contribution in [0.2, 0.25) is 0 Å². The minimum atomic E-state index is -0.329. The summed E-state index contributed by atoms with van der Waals surface area (Å²) in [5.41, 5.74) is 0. The van der Waals surface area contributed by atoms with Crippen LogP contribution in [0.1, 0.15) is 6.92 Å². The molecule has 0 atom stereocenters. The van der Waals surface area contributed by atoms with E-state index < -0.39 is 0 Å². The maximum absolute atomic E-state index is 9.54. The predicted octanol–water partition coefficient (Wildman–Crippen LogP) is 0.00880. The Kier molecular flexibility index (Phi) is 8.92. The quantitative estimate of drug-likeness (QED) is 0.477. The molecule has 0 bridgehead atoms. The van der Waals surface area contributed by atoms with Crippen molar-refractivity contribution in [3.8, 4) is 0 Å². The fraction of sp³-hybridized carbons (Fsp3) is 0.500. The number of rotatable bonds is 0. The van der Waals surface area contributed by atoms with Gasteiger partial charge in [-0.3, -0.25) is 0 Å². The number of hydrogen-bond acceptors (Lipinski definition) is 2. The maximum Gasteiger partial charge on any atom is 0 e. The van der Waals surface area contributed by atoms with Crippen molar-refractivity contribution in [1.82, 2.24) is 0 Å². The van der Waals surface area contributed by atoms with Crippen LogP contribution in [0.4, 0.5) is 0 Å². The smallest absolute Gasteiger partial charge is 0 e. The molecule has 0 aromatic rings. The van der Waals surface area contributed by atoms with Crippen molar-refractivity contribution >= 4 is 5.97 Å². The summed E-state index contributed by atoms with van der Waals surface area (Å²) in [5.74, 6) is -0.329. The van der Waals surface area contributed by atoms with Crippen LogP contribution in [0.25, 0.3) is 0 Å². The third-order valence-corrected chi connectivity index (χ3v) is 0.448. The van der Waals surface area contributed by atoms with E-state index >= 15 is 0 Å². The Morgan fingerprint density at radius 2 is 2.00 bits per heavy atom. The van der Waals surface area contributed by atoms with E-state index in [0.29, 0.717) is 0 Å². The fourth-order valence-electron chi connectivity index (χ4n) is 0. The van der Waals surface area contributed by atoms with Gasteiger partial charge in [-0.1, -0.05) is 0 Å². The standard InChI is InChI=1S/C2H4O2.2Mn/c1-2(3)4;;/h1H3,(H,3,4);;/q;;+1/p-1. The van der Waals surface area contributed by atoms with Gasteiger partial charge in [0.1, 0.15) is 0 Å². The minimum absolute atomic E-state index is 0. The van der Waals surface area contributed by atoms with E-state index in [-0.39, 0.29) is 23.0 Å². The van der Waals surface area contributed by atoms with Gasteiger partial charge in [-0.2, -0.15) is 0 Å². The molecule has 0 fully saturated rings. The van der Waals surface area contributed by atoms with E-state index in [4.69, 9.17) is 0 Å². The molecule has 4 heteroatoms. The van der Waals surface area contributed by atoms with E-state index in [1.807, 2.05) is 0 Å². The van der Waals surface area contributed by atoms with Crippen molar-refractivity contribution in [2.24, 2.45) is 0 Å². The first-order valence-electron chi connectivity index (χ1n) is 1.06. The van der Waals surface area contributed by atoms with Crippen LogP contribution in [-0.4, -0.2) is 5.97 Å². The van der Waals surface area contributed by atoms with Crippen molar-refractivity contribution in [3.63, 3.8) is 0 Å². The second-order valence-corrected chi connectivity index (χ2v) is 0.810. The van der Waals surface area contributed by atoms with Crippen molar-refractivity contribution < 1.29 is 42.0 Å². The molecule has 0 rings (SSSR count). The first-order chi connectivity index (χ1) is 2.27. The topological polar surface area (TPSA) is 26.3 Å². The molecule has 0 aliphatic carbocycles. The predicted molar refractivity (Wildman–Crippen MR) is 11.8 cm³/mol. The number of hydrogen-bond donors (Lipinski definition) is 0. The van der Waals surface area contributed by atoms with Crippen molar-refractivity contribution in [2.45, 2.75) is 6.92 Å². The zero-order valence-electron chi connectivity index (χ0n) is 3.07. The molecule has 0 amide bonds. The van der Waals surface area contributed by atoms with Crippen LogP contribution in [0, 0.1) is 0 Å². The second-order valence-electron chi connectivity index (χ2n) is 0.569. The molecule has 0 aromatic carbocycles. The Balaban J connectivity index is 0. The summed E-state index contributed by atoms with van der Waals surface area (Å²) in [6.45, 7) is 1.31. The van der Waals surface area contributed by atoms with E-state index in [1.165, 1.54) is 6.92 Å². The van der Waals surface area contributed by atoms with Gasteiger partial charge in [0.05, 0.1) is 0 Å². The molecule has 2 nitrogen and oxygen atoms in total. The normalized spacial score (nSPS) is 5.67. The van der Waals surface area contributed by atoms with Gasteiger partial charge < -0.3 is 0 Å². The van der Waals surface area contributed by atoms with Gasteiger partial charge in [0.2, 0.25) is 0 Å². The van der Waals surface area contributed by atoms with Crippen LogP contribution in [0.5, 0.6) is 0 Å². The summed E-state index contributed by atoms with van der Waals surface area (Å²) >= 11 is 2.46. The summed E-state index contributed by atoms with van der Waals surface area (Å²) in [7, 11) is 0. The summed E-state index contributed by atoms with van der Waals surface area (Å²) in [5, 5.41) is 0. The molecule has 1 radical (unpaired) electrons. The van der Waals surface area contributed by atoms with E-state index in [1.54, 1.807) is 0 Å². The first kappa shape index (κ1) is 9.72. The van der Waals surface area contributed by atoms with E-state index in [2.05, 4.69) is 20.2 Å². The fourth-order valence-corrected chi connectivity index (χ4v) is 0. The molecular formula is C2H3Mn2O2. The molecule has 0 aliphatic heterocycles. The summed E-state index contributed by atoms with van der Waals surface area (Å²) in [6.07, 6.45) is 0. The monoisotopic (exact) mass is 169 g/mol. The zero-order valence-corrected chi connectivity index (χ0v) is 5.43. The van der Waals surface area contributed by atoms with Gasteiger partial charge in [-0.05, 0) is 0 Å². The van der Waals surface area contributed by atoms with Crippen LogP contribution < -0.4 is 0 Å². The molecule has 0 saturated heterocycles. The Labute approximate surface area is 55.2 Å². The van der Waals surface area contributed by atoms with Crippen molar-refractivity contribution in [1.29, 1.82) is 0 Å². The SMILES string of the molecule is CC(=O)[O][Mn].[Mn]. The Morgan fingerprint density at radius 3 is 2.00 bits per heavy atom. The van der Waals surface area contributed by atoms with Gasteiger partial charge in [-0.15, -0.1) is 0 Å². The first-order valence-corrected chi connectivity index (χ1v) is 1.54. The van der Waals surface area contributed by atoms with Crippen LogP contribution in [0.15, 0.2) is 0 Å². The Morgan fingerprint density at radius 1 is 1.83 bits per heavy atom. The average molecular weight is 169 g/mol. The largest absolute Gasteiger partial charge is 0 e. The van der Waals surface area contributed by atoms with E-state index in [0.717, 1.165) is 0 Å². The van der Waals surface area contributed by atoms with Crippen molar-refractivity contribution in [2.75, 3.05) is 0 Å². The molecule has 0 saturated carbocycles.